The fraction of sp³-hybridized carbons (Fsp3) is 0.421. The zero-order chi connectivity index (χ0) is 19.7. The van der Waals surface area contributed by atoms with E-state index >= 15 is 0 Å². The number of nitrogens with two attached hydrogens (primary N) is 1. The van der Waals surface area contributed by atoms with E-state index in [0.29, 0.717) is 16.9 Å². The summed E-state index contributed by atoms with van der Waals surface area (Å²) in [7, 11) is 0. The van der Waals surface area contributed by atoms with Gasteiger partial charge < -0.3 is 10.6 Å². The highest BCUT2D eigenvalue weighted by Crippen LogP contribution is 2.36. The van der Waals surface area contributed by atoms with Crippen LogP contribution in [0.2, 0.25) is 0 Å². The van der Waals surface area contributed by atoms with Crippen LogP contribution in [0, 0.1) is 5.82 Å². The van der Waals surface area contributed by atoms with Gasteiger partial charge in [-0.25, -0.2) is 14.4 Å². The van der Waals surface area contributed by atoms with E-state index in [1.165, 1.54) is 0 Å². The van der Waals surface area contributed by atoms with E-state index in [1.807, 2.05) is 18.5 Å². The molecule has 6 nitrogen and oxygen atoms in total. The number of rotatable bonds is 5. The molecule has 1 aliphatic rings. The molecule has 1 saturated heterocycles. The maximum absolute atomic E-state index is 14.4. The zero-order valence-electron chi connectivity index (χ0n) is 15.3. The van der Waals surface area contributed by atoms with E-state index in [0.717, 1.165) is 55.1 Å². The van der Waals surface area contributed by atoms with Crippen LogP contribution in [0.4, 0.5) is 14.7 Å². The second kappa shape index (κ2) is 8.08. The number of anilines is 1. The second-order valence-corrected chi connectivity index (χ2v) is 7.85. The molecule has 0 bridgehead atoms. The summed E-state index contributed by atoms with van der Waals surface area (Å²) in [6.45, 7) is 2.37. The number of pyridine rings is 1. The van der Waals surface area contributed by atoms with Gasteiger partial charge in [0.2, 0.25) is 5.95 Å². The van der Waals surface area contributed by atoms with Gasteiger partial charge in [-0.2, -0.15) is 4.98 Å². The lowest BCUT2D eigenvalue weighted by Crippen LogP contribution is -2.33. The molecule has 0 unspecified atom stereocenters. The minimum absolute atomic E-state index is 0.0223. The van der Waals surface area contributed by atoms with Crippen LogP contribution in [-0.4, -0.2) is 50.7 Å². The molecule has 0 saturated carbocycles. The highest BCUT2D eigenvalue weighted by molar-refractivity contribution is 9.10. The van der Waals surface area contributed by atoms with Crippen molar-refractivity contribution in [2.75, 3.05) is 32.0 Å². The number of nitrogen functional groups attached to an aromatic ring is 1. The largest absolute Gasteiger partial charge is 0.368 e. The third kappa shape index (κ3) is 3.73. The third-order valence-corrected chi connectivity index (χ3v) is 5.73. The van der Waals surface area contributed by atoms with E-state index in [2.05, 4.69) is 35.8 Å². The number of nitrogens with zero attached hydrogens (tertiary/aromatic N) is 5. The molecule has 3 aromatic heterocycles. The van der Waals surface area contributed by atoms with Crippen LogP contribution in [-0.2, 0) is 0 Å². The molecule has 1 aliphatic heterocycles. The molecular formula is C19H21BrF2N6. The molecule has 0 atom stereocenters. The van der Waals surface area contributed by atoms with Crippen molar-refractivity contribution in [1.82, 2.24) is 24.4 Å². The molecule has 0 aromatic carbocycles. The average Bonchev–Trinajstić information content (AvgIpc) is 3.07. The summed E-state index contributed by atoms with van der Waals surface area (Å²) in [5.41, 5.74) is 7.62. The Labute approximate surface area is 169 Å². The van der Waals surface area contributed by atoms with E-state index in [4.69, 9.17) is 5.73 Å². The lowest BCUT2D eigenvalue weighted by molar-refractivity contribution is 0.204. The summed E-state index contributed by atoms with van der Waals surface area (Å²) in [4.78, 5) is 14.5. The summed E-state index contributed by atoms with van der Waals surface area (Å²) in [5.74, 6) is -0.0569. The lowest BCUT2D eigenvalue weighted by atomic mass is 9.89. The van der Waals surface area contributed by atoms with Crippen LogP contribution in [0.25, 0.3) is 16.7 Å². The Balaban J connectivity index is 1.72. The van der Waals surface area contributed by atoms with E-state index in [-0.39, 0.29) is 18.4 Å². The first-order chi connectivity index (χ1) is 13.6. The number of alkyl halides is 1. The molecule has 0 radical (unpaired) electrons. The van der Waals surface area contributed by atoms with Gasteiger partial charge >= 0.3 is 0 Å². The number of hydrogen-bond donors (Lipinski definition) is 1. The predicted molar refractivity (Wildman–Crippen MR) is 108 cm³/mol. The summed E-state index contributed by atoms with van der Waals surface area (Å²) < 4.78 is 29.3. The molecule has 2 N–H and O–H groups in total. The number of hydrogen-bond acceptors (Lipinski definition) is 5. The number of likely N-dealkylation sites (tertiary alicyclic amines) is 1. The number of halogens is 3. The number of piperidine rings is 1. The van der Waals surface area contributed by atoms with E-state index < -0.39 is 5.82 Å². The highest BCUT2D eigenvalue weighted by Gasteiger charge is 2.25. The Bertz CT molecular complexity index is 984. The Morgan fingerprint density at radius 1 is 1.21 bits per heavy atom. The van der Waals surface area contributed by atoms with Crippen molar-refractivity contribution in [3.05, 3.63) is 40.6 Å². The summed E-state index contributed by atoms with van der Waals surface area (Å²) in [6, 6.07) is 1.85. The smallest absolute Gasteiger partial charge is 0.222 e. The normalized spacial score (nSPS) is 16.1. The van der Waals surface area contributed by atoms with Crippen LogP contribution >= 0.6 is 15.9 Å². The van der Waals surface area contributed by atoms with Crippen LogP contribution < -0.4 is 5.73 Å². The van der Waals surface area contributed by atoms with Gasteiger partial charge in [0.15, 0.2) is 11.6 Å². The Kier molecular flexibility index (Phi) is 5.54. The molecule has 1 fully saturated rings. The zero-order valence-corrected chi connectivity index (χ0v) is 16.9. The lowest BCUT2D eigenvalue weighted by Gasteiger charge is -2.31. The molecule has 4 heterocycles. The fourth-order valence-corrected chi connectivity index (χ4v) is 4.23. The van der Waals surface area contributed by atoms with Crippen LogP contribution in [0.1, 0.15) is 30.7 Å². The van der Waals surface area contributed by atoms with Gasteiger partial charge in [0, 0.05) is 24.3 Å². The molecule has 148 valence electrons. The Hall–Kier alpha value is -2.13. The van der Waals surface area contributed by atoms with Gasteiger partial charge in [0.25, 0.3) is 0 Å². The molecule has 0 amide bonds. The van der Waals surface area contributed by atoms with E-state index in [1.54, 1.807) is 4.57 Å². The van der Waals surface area contributed by atoms with Crippen molar-refractivity contribution in [2.24, 2.45) is 0 Å². The SMILES string of the molecule is Nc1ncc(F)c(-n2cc(C3CCN(CCCF)CC3)c3cnc(Br)cc32)n1. The highest BCUT2D eigenvalue weighted by atomic mass is 79.9. The summed E-state index contributed by atoms with van der Waals surface area (Å²) in [6.07, 6.45) is 7.35. The first kappa shape index (κ1) is 19.2. The predicted octanol–water partition coefficient (Wildman–Crippen LogP) is 3.84. The van der Waals surface area contributed by atoms with Crippen molar-refractivity contribution in [1.29, 1.82) is 0 Å². The fourth-order valence-electron chi connectivity index (χ4n) is 3.91. The number of aromatic nitrogens is 4. The van der Waals surface area contributed by atoms with Crippen molar-refractivity contribution in [2.45, 2.75) is 25.2 Å². The summed E-state index contributed by atoms with van der Waals surface area (Å²) >= 11 is 3.40. The minimum Gasteiger partial charge on any atom is -0.368 e. The molecule has 4 rings (SSSR count). The third-order valence-electron chi connectivity index (χ3n) is 5.30. The topological polar surface area (TPSA) is 72.9 Å². The maximum Gasteiger partial charge on any atom is 0.222 e. The van der Waals surface area contributed by atoms with Crippen molar-refractivity contribution < 1.29 is 8.78 Å². The first-order valence-electron chi connectivity index (χ1n) is 9.30. The monoisotopic (exact) mass is 450 g/mol. The van der Waals surface area contributed by atoms with Crippen LogP contribution in [0.5, 0.6) is 0 Å². The van der Waals surface area contributed by atoms with Gasteiger partial charge in [-0.15, -0.1) is 0 Å². The number of fused-ring (bicyclic) bond motifs is 1. The molecule has 0 spiro atoms. The molecule has 28 heavy (non-hydrogen) atoms. The van der Waals surface area contributed by atoms with Gasteiger partial charge in [-0.3, -0.25) is 8.96 Å². The van der Waals surface area contributed by atoms with Crippen LogP contribution in [0.15, 0.2) is 29.3 Å². The molecule has 3 aromatic rings. The van der Waals surface area contributed by atoms with Gasteiger partial charge in [0.1, 0.15) is 4.60 Å². The van der Waals surface area contributed by atoms with Crippen molar-refractivity contribution in [3.8, 4) is 5.82 Å². The maximum atomic E-state index is 14.4. The minimum atomic E-state index is -0.536. The standard InChI is InChI=1S/C19H21BrF2N6/c20-17-8-16-13(9-24-17)14(12-2-6-27(7-3-12)5-1-4-21)11-28(16)18-15(22)10-25-19(23)26-18/h8-12H,1-7H2,(H2,23,25,26). The van der Waals surface area contributed by atoms with Gasteiger partial charge in [-0.1, -0.05) is 0 Å². The quantitative estimate of drug-likeness (QED) is 0.597. The molecular weight excluding hydrogens is 430 g/mol. The van der Waals surface area contributed by atoms with E-state index in [9.17, 15) is 8.78 Å². The van der Waals surface area contributed by atoms with Crippen molar-refractivity contribution in [3.63, 3.8) is 0 Å². The Morgan fingerprint density at radius 2 is 2.00 bits per heavy atom. The van der Waals surface area contributed by atoms with Crippen molar-refractivity contribution >= 4 is 32.8 Å². The molecule has 9 heteroatoms. The second-order valence-electron chi connectivity index (χ2n) is 7.04. The Morgan fingerprint density at radius 3 is 2.75 bits per heavy atom. The van der Waals surface area contributed by atoms with Crippen LogP contribution in [0.3, 0.4) is 0 Å². The first-order valence-corrected chi connectivity index (χ1v) is 10.1. The summed E-state index contributed by atoms with van der Waals surface area (Å²) in [5, 5.41) is 0.974. The van der Waals surface area contributed by atoms with Gasteiger partial charge in [-0.05, 0) is 65.8 Å². The van der Waals surface area contributed by atoms with Gasteiger partial charge in [0.05, 0.1) is 18.4 Å². The average molecular weight is 451 g/mol. The molecule has 0 aliphatic carbocycles.